The number of hydrogen-bond acceptors (Lipinski definition) is 2. The van der Waals surface area contributed by atoms with Crippen molar-refractivity contribution >= 4 is 29.1 Å². The number of rotatable bonds is 3. The quantitative estimate of drug-likeness (QED) is 0.862. The first kappa shape index (κ1) is 16.8. The van der Waals surface area contributed by atoms with Gasteiger partial charge >= 0.3 is 0 Å². The Kier molecular flexibility index (Phi) is 5.46. The average Bonchev–Trinajstić information content (AvgIpc) is 2.75. The van der Waals surface area contributed by atoms with Crippen LogP contribution >= 0.6 is 11.6 Å². The topological polar surface area (TPSA) is 49.4 Å². The van der Waals surface area contributed by atoms with Crippen LogP contribution in [0.25, 0.3) is 0 Å². The minimum Gasteiger partial charge on any atom is -0.342 e. The number of likely N-dealkylation sites (tertiary alicyclic amines) is 1. The molecule has 0 unspecified atom stereocenters. The molecule has 5 heteroatoms. The first-order valence-corrected chi connectivity index (χ1v) is 8.15. The summed E-state index contributed by atoms with van der Waals surface area (Å²) in [5.41, 5.74) is -0.485. The molecule has 120 valence electrons. The van der Waals surface area contributed by atoms with Gasteiger partial charge in [0.2, 0.25) is 11.8 Å². The monoisotopic (exact) mass is 322 g/mol. The van der Waals surface area contributed by atoms with E-state index in [1.165, 1.54) is 0 Å². The van der Waals surface area contributed by atoms with Gasteiger partial charge < -0.3 is 10.2 Å². The smallest absolute Gasteiger partial charge is 0.239 e. The van der Waals surface area contributed by atoms with Gasteiger partial charge in [-0.05, 0) is 44.9 Å². The Bertz CT molecular complexity index is 549. The van der Waals surface area contributed by atoms with E-state index in [2.05, 4.69) is 5.32 Å². The second kappa shape index (κ2) is 7.14. The number of nitrogens with one attached hydrogen (secondary N) is 1. The number of hydrogen-bond donors (Lipinski definition) is 1. The van der Waals surface area contributed by atoms with E-state index in [4.69, 9.17) is 11.6 Å². The Morgan fingerprint density at radius 2 is 1.77 bits per heavy atom. The van der Waals surface area contributed by atoms with Crippen LogP contribution < -0.4 is 5.32 Å². The highest BCUT2D eigenvalue weighted by molar-refractivity contribution is 6.31. The van der Waals surface area contributed by atoms with Crippen LogP contribution in [0.1, 0.15) is 39.5 Å². The van der Waals surface area contributed by atoms with E-state index >= 15 is 0 Å². The fourth-order valence-corrected chi connectivity index (χ4v) is 2.81. The second-order valence-electron chi connectivity index (χ2n) is 6.30. The molecule has 1 heterocycles. The first-order valence-electron chi connectivity index (χ1n) is 7.77. The molecule has 1 aliphatic heterocycles. The van der Waals surface area contributed by atoms with Gasteiger partial charge in [0.15, 0.2) is 0 Å². The third-order valence-corrected chi connectivity index (χ3v) is 4.31. The largest absolute Gasteiger partial charge is 0.342 e. The normalized spacial score (nSPS) is 16.0. The maximum absolute atomic E-state index is 12.7. The molecule has 0 aromatic heterocycles. The molecular weight excluding hydrogens is 300 g/mol. The van der Waals surface area contributed by atoms with Crippen molar-refractivity contribution < 1.29 is 9.59 Å². The minimum atomic E-state index is -1.09. The highest BCUT2D eigenvalue weighted by Crippen LogP contribution is 2.24. The summed E-state index contributed by atoms with van der Waals surface area (Å²) in [6.45, 7) is 4.85. The summed E-state index contributed by atoms with van der Waals surface area (Å²) < 4.78 is 0. The van der Waals surface area contributed by atoms with E-state index in [9.17, 15) is 9.59 Å². The number of nitrogens with zero attached hydrogens (tertiary/aromatic N) is 1. The summed E-state index contributed by atoms with van der Waals surface area (Å²) in [5.74, 6) is -0.405. The molecule has 0 aliphatic carbocycles. The number of amides is 2. The number of carbonyl (C=O) groups excluding carboxylic acids is 2. The number of carbonyl (C=O) groups is 2. The van der Waals surface area contributed by atoms with Crippen molar-refractivity contribution in [1.82, 2.24) is 4.90 Å². The zero-order valence-corrected chi connectivity index (χ0v) is 13.9. The fourth-order valence-electron chi connectivity index (χ4n) is 2.62. The van der Waals surface area contributed by atoms with Gasteiger partial charge in [0.1, 0.15) is 5.41 Å². The van der Waals surface area contributed by atoms with Crippen molar-refractivity contribution in [3.8, 4) is 0 Å². The molecule has 1 saturated heterocycles. The van der Waals surface area contributed by atoms with E-state index < -0.39 is 5.41 Å². The molecule has 1 aromatic rings. The maximum atomic E-state index is 12.7. The summed E-state index contributed by atoms with van der Waals surface area (Å²) >= 11 is 5.92. The van der Waals surface area contributed by atoms with Crippen LogP contribution in [0.2, 0.25) is 5.02 Å². The highest BCUT2D eigenvalue weighted by atomic mass is 35.5. The lowest BCUT2D eigenvalue weighted by molar-refractivity contribution is -0.146. The van der Waals surface area contributed by atoms with Crippen molar-refractivity contribution in [3.05, 3.63) is 29.3 Å². The summed E-state index contributed by atoms with van der Waals surface area (Å²) in [6, 6.07) is 6.94. The molecule has 1 N–H and O–H groups in total. The highest BCUT2D eigenvalue weighted by Gasteiger charge is 2.39. The van der Waals surface area contributed by atoms with E-state index in [1.54, 1.807) is 38.1 Å². The number of anilines is 1. The van der Waals surface area contributed by atoms with Crippen LogP contribution in [0.5, 0.6) is 0 Å². The number of benzene rings is 1. The molecule has 22 heavy (non-hydrogen) atoms. The van der Waals surface area contributed by atoms with Gasteiger partial charge in [-0.3, -0.25) is 9.59 Å². The summed E-state index contributed by atoms with van der Waals surface area (Å²) in [5, 5.41) is 3.34. The molecule has 0 spiro atoms. The molecule has 1 aromatic carbocycles. The van der Waals surface area contributed by atoms with Gasteiger partial charge in [-0.1, -0.05) is 30.5 Å². The van der Waals surface area contributed by atoms with Gasteiger partial charge in [-0.25, -0.2) is 0 Å². The standard InChI is InChI=1S/C17H23ClN2O2/c1-17(2,16(22)20-10-5-3-4-6-11-20)15(21)19-14-9-7-8-13(18)12-14/h7-9,12H,3-6,10-11H2,1-2H3,(H,19,21). The lowest BCUT2D eigenvalue weighted by Gasteiger charge is -2.30. The SMILES string of the molecule is CC(C)(C(=O)Nc1cccc(Cl)c1)C(=O)N1CCCCCC1. The molecule has 0 bridgehead atoms. The van der Waals surface area contributed by atoms with Crippen LogP contribution in [-0.2, 0) is 9.59 Å². The van der Waals surface area contributed by atoms with E-state index in [0.29, 0.717) is 10.7 Å². The maximum Gasteiger partial charge on any atom is 0.239 e. The van der Waals surface area contributed by atoms with Crippen LogP contribution in [0.3, 0.4) is 0 Å². The van der Waals surface area contributed by atoms with Gasteiger partial charge in [0.25, 0.3) is 0 Å². The van der Waals surface area contributed by atoms with Gasteiger partial charge in [0.05, 0.1) is 0 Å². The Hall–Kier alpha value is -1.55. The van der Waals surface area contributed by atoms with Crippen LogP contribution in [-0.4, -0.2) is 29.8 Å². The Labute approximate surface area is 136 Å². The predicted octanol–water partition coefficient (Wildman–Crippen LogP) is 3.71. The third-order valence-electron chi connectivity index (χ3n) is 4.08. The summed E-state index contributed by atoms with van der Waals surface area (Å²) in [7, 11) is 0. The van der Waals surface area contributed by atoms with Crippen molar-refractivity contribution in [2.75, 3.05) is 18.4 Å². The Morgan fingerprint density at radius 1 is 1.14 bits per heavy atom. The van der Waals surface area contributed by atoms with Crippen LogP contribution in [0.4, 0.5) is 5.69 Å². The summed E-state index contributed by atoms with van der Waals surface area (Å²) in [4.78, 5) is 27.0. The molecule has 1 fully saturated rings. The van der Waals surface area contributed by atoms with Crippen LogP contribution in [0.15, 0.2) is 24.3 Å². The van der Waals surface area contributed by atoms with Crippen molar-refractivity contribution in [3.63, 3.8) is 0 Å². The van der Waals surface area contributed by atoms with Crippen LogP contribution in [0, 0.1) is 5.41 Å². The first-order chi connectivity index (χ1) is 10.4. The van der Waals surface area contributed by atoms with E-state index in [-0.39, 0.29) is 11.8 Å². The van der Waals surface area contributed by atoms with Gasteiger partial charge in [-0.15, -0.1) is 0 Å². The van der Waals surface area contributed by atoms with Gasteiger partial charge in [-0.2, -0.15) is 0 Å². The molecule has 1 aliphatic rings. The second-order valence-corrected chi connectivity index (χ2v) is 6.73. The van der Waals surface area contributed by atoms with E-state index in [0.717, 1.165) is 38.8 Å². The van der Waals surface area contributed by atoms with E-state index in [1.807, 2.05) is 4.90 Å². The van der Waals surface area contributed by atoms with Crippen molar-refractivity contribution in [2.45, 2.75) is 39.5 Å². The van der Waals surface area contributed by atoms with Crippen molar-refractivity contribution in [2.24, 2.45) is 5.41 Å². The third kappa shape index (κ3) is 4.01. The summed E-state index contributed by atoms with van der Waals surface area (Å²) in [6.07, 6.45) is 4.33. The average molecular weight is 323 g/mol. The molecule has 2 rings (SSSR count). The van der Waals surface area contributed by atoms with Crippen molar-refractivity contribution in [1.29, 1.82) is 0 Å². The molecule has 0 radical (unpaired) electrons. The molecular formula is C17H23ClN2O2. The Balaban J connectivity index is 2.07. The fraction of sp³-hybridized carbons (Fsp3) is 0.529. The lowest BCUT2D eigenvalue weighted by atomic mass is 9.90. The zero-order chi connectivity index (χ0) is 16.2. The number of halogens is 1. The molecule has 2 amide bonds. The predicted molar refractivity (Wildman–Crippen MR) is 88.9 cm³/mol. The van der Waals surface area contributed by atoms with Gasteiger partial charge in [0, 0.05) is 23.8 Å². The Morgan fingerprint density at radius 3 is 2.36 bits per heavy atom. The molecule has 0 saturated carbocycles. The minimum absolute atomic E-state index is 0.103. The molecule has 0 atom stereocenters. The molecule has 4 nitrogen and oxygen atoms in total. The lowest BCUT2D eigenvalue weighted by Crippen LogP contribution is -2.47. The zero-order valence-electron chi connectivity index (χ0n) is 13.2.